The summed E-state index contributed by atoms with van der Waals surface area (Å²) in [5.41, 5.74) is -1.92. The van der Waals surface area contributed by atoms with Gasteiger partial charge in [0.25, 0.3) is 0 Å². The van der Waals surface area contributed by atoms with Gasteiger partial charge >= 0.3 is 11.9 Å². The monoisotopic (exact) mass is 511 g/mol. The molecule has 1 aliphatic heterocycles. The first-order chi connectivity index (χ1) is 17.0. The molecule has 0 amide bonds. The molecule has 4 aliphatic carbocycles. The number of hydrogen-bond donors (Lipinski definition) is 2. The second-order valence-corrected chi connectivity index (χ2v) is 15.4. The van der Waals surface area contributed by atoms with Crippen LogP contribution in [0.1, 0.15) is 106 Å². The first-order valence-electron chi connectivity index (χ1n) is 14.2. The lowest BCUT2D eigenvalue weighted by atomic mass is 9.36. The molecule has 0 radical (unpaired) electrons. The zero-order chi connectivity index (χ0) is 27.4. The number of carboxylic acids is 1. The fourth-order valence-corrected chi connectivity index (χ4v) is 10.6. The topological polar surface area (TPSA) is 108 Å². The van der Waals surface area contributed by atoms with Crippen molar-refractivity contribution >= 4 is 11.9 Å². The van der Waals surface area contributed by atoms with Gasteiger partial charge in [-0.2, -0.15) is 5.26 Å². The number of nitriles is 1. The summed E-state index contributed by atoms with van der Waals surface area (Å²) in [4.78, 5) is 26.5. The number of rotatable bonds is 1. The molecule has 5 rings (SSSR count). The number of hydrogen-bond acceptors (Lipinski definition) is 5. The van der Waals surface area contributed by atoms with Crippen molar-refractivity contribution in [3.05, 3.63) is 11.3 Å². The highest BCUT2D eigenvalue weighted by molar-refractivity contribution is 5.76. The predicted octanol–water partition coefficient (Wildman–Crippen LogP) is 6.80. The first-order valence-corrected chi connectivity index (χ1v) is 14.2. The number of ether oxygens (including phenoxy) is 1. The number of carbonyl (C=O) groups is 2. The summed E-state index contributed by atoms with van der Waals surface area (Å²) in [5.74, 6) is -0.856. The lowest BCUT2D eigenvalue weighted by Gasteiger charge is -2.67. The molecular formula is C31H45NO5. The van der Waals surface area contributed by atoms with E-state index < -0.39 is 22.9 Å². The van der Waals surface area contributed by atoms with Crippen LogP contribution in [0.2, 0.25) is 0 Å². The SMILES string of the molecule is CC1(C)CCC2(C(=O)O)CC[C@]3(C)C(OC(=O)C[C@@H]4[C@@]5(C)CC(C#N)=C(O)C(C)(C)[C@@H]5CC[C@]43C)C2C1. The summed E-state index contributed by atoms with van der Waals surface area (Å²) in [7, 11) is 0. The largest absolute Gasteiger partial charge is 0.511 e. The van der Waals surface area contributed by atoms with Gasteiger partial charge in [0.1, 0.15) is 11.9 Å². The van der Waals surface area contributed by atoms with E-state index in [2.05, 4.69) is 40.7 Å². The van der Waals surface area contributed by atoms with E-state index in [0.29, 0.717) is 24.8 Å². The van der Waals surface area contributed by atoms with Gasteiger partial charge in [-0.3, -0.25) is 9.59 Å². The van der Waals surface area contributed by atoms with E-state index in [9.17, 15) is 25.1 Å². The van der Waals surface area contributed by atoms with Gasteiger partial charge in [0.2, 0.25) is 0 Å². The molecule has 0 aromatic heterocycles. The number of carbonyl (C=O) groups excluding carboxylic acids is 1. The van der Waals surface area contributed by atoms with Crippen LogP contribution in [-0.2, 0) is 14.3 Å². The molecule has 6 heteroatoms. The van der Waals surface area contributed by atoms with E-state index in [4.69, 9.17) is 4.74 Å². The first kappa shape index (κ1) is 26.6. The van der Waals surface area contributed by atoms with Gasteiger partial charge in [-0.05, 0) is 79.4 Å². The van der Waals surface area contributed by atoms with Crippen LogP contribution in [0.5, 0.6) is 0 Å². The number of aliphatic carboxylic acids is 1. The normalized spacial score (nSPS) is 48.2. The number of aliphatic hydroxyl groups excluding tert-OH is 1. The quantitative estimate of drug-likeness (QED) is 0.375. The Labute approximate surface area is 221 Å². The van der Waals surface area contributed by atoms with Crippen LogP contribution in [0.25, 0.3) is 0 Å². The highest BCUT2D eigenvalue weighted by Crippen LogP contribution is 2.74. The average Bonchev–Trinajstić information content (AvgIpc) is 2.89. The van der Waals surface area contributed by atoms with Crippen molar-refractivity contribution in [3.63, 3.8) is 0 Å². The lowest BCUT2D eigenvalue weighted by molar-refractivity contribution is -0.227. The Bertz CT molecular complexity index is 1120. The number of carboxylic acid groups (broad SMARTS) is 1. The molecule has 0 aromatic carbocycles. The minimum Gasteiger partial charge on any atom is -0.511 e. The Kier molecular flexibility index (Phi) is 5.57. The smallest absolute Gasteiger partial charge is 0.310 e. The second-order valence-electron chi connectivity index (χ2n) is 15.4. The summed E-state index contributed by atoms with van der Waals surface area (Å²) in [6.45, 7) is 15.3. The maximum absolute atomic E-state index is 13.7. The van der Waals surface area contributed by atoms with Crippen molar-refractivity contribution in [1.29, 1.82) is 5.26 Å². The Hall–Kier alpha value is -2.03. The Morgan fingerprint density at radius 2 is 1.62 bits per heavy atom. The summed E-state index contributed by atoms with van der Waals surface area (Å²) < 4.78 is 6.44. The van der Waals surface area contributed by atoms with E-state index in [0.717, 1.165) is 32.1 Å². The molecule has 204 valence electrons. The molecule has 0 spiro atoms. The third kappa shape index (κ3) is 3.27. The molecule has 0 bridgehead atoms. The summed E-state index contributed by atoms with van der Waals surface area (Å²) in [5, 5.41) is 31.5. The summed E-state index contributed by atoms with van der Waals surface area (Å²) in [6, 6.07) is 2.28. The maximum Gasteiger partial charge on any atom is 0.310 e. The molecule has 1 heterocycles. The molecule has 0 aromatic rings. The van der Waals surface area contributed by atoms with Crippen LogP contribution in [-0.4, -0.2) is 28.3 Å². The van der Waals surface area contributed by atoms with Gasteiger partial charge < -0.3 is 14.9 Å². The zero-order valence-corrected chi connectivity index (χ0v) is 23.7. The fourth-order valence-electron chi connectivity index (χ4n) is 10.6. The third-order valence-electron chi connectivity index (χ3n) is 12.9. The minimum atomic E-state index is -0.841. The van der Waals surface area contributed by atoms with E-state index in [1.807, 2.05) is 13.8 Å². The zero-order valence-electron chi connectivity index (χ0n) is 23.7. The maximum atomic E-state index is 13.7. The molecule has 4 fully saturated rings. The number of esters is 1. The van der Waals surface area contributed by atoms with Gasteiger partial charge in [-0.1, -0.05) is 48.5 Å². The second kappa shape index (κ2) is 7.76. The van der Waals surface area contributed by atoms with Crippen LogP contribution in [0.4, 0.5) is 0 Å². The summed E-state index contributed by atoms with van der Waals surface area (Å²) in [6.07, 6.45) is 5.69. The van der Waals surface area contributed by atoms with Gasteiger partial charge in [-0.25, -0.2) is 0 Å². The van der Waals surface area contributed by atoms with Crippen LogP contribution in [0, 0.1) is 61.6 Å². The van der Waals surface area contributed by atoms with Crippen LogP contribution >= 0.6 is 0 Å². The van der Waals surface area contributed by atoms with Crippen molar-refractivity contribution in [2.75, 3.05) is 0 Å². The molecule has 3 saturated carbocycles. The van der Waals surface area contributed by atoms with Gasteiger partial charge in [0.15, 0.2) is 0 Å². The Morgan fingerprint density at radius 3 is 2.24 bits per heavy atom. The number of allylic oxidation sites excluding steroid dienone is 2. The molecule has 3 unspecified atom stereocenters. The van der Waals surface area contributed by atoms with Crippen LogP contribution < -0.4 is 0 Å². The molecular weight excluding hydrogens is 466 g/mol. The highest BCUT2D eigenvalue weighted by Gasteiger charge is 2.72. The van der Waals surface area contributed by atoms with Gasteiger partial charge in [0, 0.05) is 23.2 Å². The van der Waals surface area contributed by atoms with Crippen LogP contribution in [0.3, 0.4) is 0 Å². The Morgan fingerprint density at radius 1 is 0.973 bits per heavy atom. The standard InChI is InChI=1S/C31H45NO5/c1-26(2)10-12-31(25(35)36)13-11-30(7)24(19(31)16-26)37-22(33)14-21-28(5)15-18(17-32)23(34)27(3,4)20(28)8-9-29(21,30)6/h19-21,24,34H,8-16H2,1-7H3,(H,35,36)/t19?,20-,21+,24?,28-,29+,30+,31?/m0/s1. The van der Waals surface area contributed by atoms with E-state index in [-0.39, 0.29) is 57.6 Å². The van der Waals surface area contributed by atoms with Crippen molar-refractivity contribution in [2.24, 2.45) is 50.2 Å². The minimum absolute atomic E-state index is 0.00192. The summed E-state index contributed by atoms with van der Waals surface area (Å²) >= 11 is 0. The number of nitrogens with zero attached hydrogens (tertiary/aromatic N) is 1. The lowest BCUT2D eigenvalue weighted by Crippen LogP contribution is -2.65. The fraction of sp³-hybridized carbons (Fsp3) is 0.839. The molecule has 5 aliphatic rings. The van der Waals surface area contributed by atoms with Crippen LogP contribution in [0.15, 0.2) is 11.3 Å². The van der Waals surface area contributed by atoms with Crippen molar-refractivity contribution < 1.29 is 24.5 Å². The average molecular weight is 512 g/mol. The van der Waals surface area contributed by atoms with Crippen molar-refractivity contribution in [2.45, 2.75) is 112 Å². The molecule has 37 heavy (non-hydrogen) atoms. The van der Waals surface area contributed by atoms with Crippen molar-refractivity contribution in [1.82, 2.24) is 0 Å². The molecule has 1 saturated heterocycles. The molecule has 8 atom stereocenters. The molecule has 2 N–H and O–H groups in total. The van der Waals surface area contributed by atoms with Crippen molar-refractivity contribution in [3.8, 4) is 6.07 Å². The van der Waals surface area contributed by atoms with Gasteiger partial charge in [-0.15, -0.1) is 0 Å². The van der Waals surface area contributed by atoms with E-state index in [1.54, 1.807) is 0 Å². The molecule has 6 nitrogen and oxygen atoms in total. The number of fused-ring (bicyclic) bond motifs is 7. The predicted molar refractivity (Wildman–Crippen MR) is 139 cm³/mol. The van der Waals surface area contributed by atoms with E-state index in [1.165, 1.54) is 0 Å². The van der Waals surface area contributed by atoms with Gasteiger partial charge in [0.05, 0.1) is 17.1 Å². The number of aliphatic hydroxyl groups is 1. The Balaban J connectivity index is 1.65. The van der Waals surface area contributed by atoms with E-state index >= 15 is 0 Å². The highest BCUT2D eigenvalue weighted by atomic mass is 16.5. The third-order valence-corrected chi connectivity index (χ3v) is 12.9.